The van der Waals surface area contributed by atoms with Gasteiger partial charge < -0.3 is 20.2 Å². The number of rotatable bonds is 2. The van der Waals surface area contributed by atoms with Crippen molar-refractivity contribution < 1.29 is 16.5 Å². The molecule has 0 aromatic heterocycles. The van der Waals surface area contributed by atoms with Crippen LogP contribution in [0.2, 0.25) is 0 Å². The van der Waals surface area contributed by atoms with E-state index in [-0.39, 0.29) is 31.3 Å². The van der Waals surface area contributed by atoms with Gasteiger partial charge >= 0.3 is 16.5 Å². The Kier molecular flexibility index (Phi) is 9.27. The molecule has 1 radical (unpaired) electrons. The average Bonchev–Trinajstić information content (AvgIpc) is 2.25. The third-order valence-electron chi connectivity index (χ3n) is 2.98. The normalized spacial score (nSPS) is 8.80. The van der Waals surface area contributed by atoms with Crippen molar-refractivity contribution >= 4 is 11.4 Å². The summed E-state index contributed by atoms with van der Waals surface area (Å²) in [5, 5.41) is 4.78. The van der Waals surface area contributed by atoms with Gasteiger partial charge in [0.05, 0.1) is 0 Å². The van der Waals surface area contributed by atoms with Crippen molar-refractivity contribution in [3.63, 3.8) is 0 Å². The van der Waals surface area contributed by atoms with E-state index in [0.29, 0.717) is 0 Å². The van der Waals surface area contributed by atoms with Gasteiger partial charge in [-0.1, -0.05) is 58.7 Å². The Labute approximate surface area is 134 Å². The topological polar surface area (TPSA) is 14.1 Å². The number of hydrogen-bond donors (Lipinski definition) is 0. The summed E-state index contributed by atoms with van der Waals surface area (Å²) in [5.74, 6) is 0. The SMILES string of the molecule is Cc1cc(C)c([N-]c2ccccc2C)c(C)c1.[CH3-].[CH3-].[Ni+3]. The molecule has 0 atom stereocenters. The van der Waals surface area contributed by atoms with Crippen LogP contribution in [0, 0.1) is 42.5 Å². The molecule has 0 fully saturated rings. The van der Waals surface area contributed by atoms with E-state index in [0.717, 1.165) is 11.4 Å². The van der Waals surface area contributed by atoms with Crippen LogP contribution >= 0.6 is 0 Å². The fourth-order valence-electron chi connectivity index (χ4n) is 2.16. The first-order chi connectivity index (χ1) is 8.08. The second-order valence-corrected chi connectivity index (χ2v) is 4.65. The second-order valence-electron chi connectivity index (χ2n) is 4.65. The first kappa shape index (κ1) is 21.0. The molecule has 0 amide bonds. The van der Waals surface area contributed by atoms with Crippen LogP contribution in [-0.4, -0.2) is 0 Å². The van der Waals surface area contributed by atoms with E-state index in [1.165, 1.54) is 22.3 Å². The Morgan fingerprint density at radius 3 is 1.75 bits per heavy atom. The standard InChI is InChI=1S/C16H18N.2CH3.Ni/c1-11-9-13(3)16(14(4)10-11)17-15-8-6-5-7-12(15)2;;;/h5-10H,1-4H3;2*1H3;/q3*-1;+3. The zero-order valence-electron chi connectivity index (χ0n) is 13.2. The molecule has 111 valence electrons. The summed E-state index contributed by atoms with van der Waals surface area (Å²) in [6.45, 7) is 8.46. The third kappa shape index (κ3) is 4.69. The number of hydrogen-bond acceptors (Lipinski definition) is 0. The predicted octanol–water partition coefficient (Wildman–Crippen LogP) is 6.16. The van der Waals surface area contributed by atoms with E-state index in [9.17, 15) is 0 Å². The van der Waals surface area contributed by atoms with E-state index in [4.69, 9.17) is 5.32 Å². The van der Waals surface area contributed by atoms with E-state index in [2.05, 4.69) is 52.0 Å². The smallest absolute Gasteiger partial charge is 0.657 e. The van der Waals surface area contributed by atoms with E-state index in [1.54, 1.807) is 0 Å². The molecule has 2 rings (SSSR count). The van der Waals surface area contributed by atoms with E-state index < -0.39 is 0 Å². The van der Waals surface area contributed by atoms with E-state index in [1.807, 2.05) is 12.1 Å². The maximum atomic E-state index is 4.78. The Morgan fingerprint density at radius 1 is 0.750 bits per heavy atom. The van der Waals surface area contributed by atoms with Crippen LogP contribution in [0.25, 0.3) is 5.32 Å². The van der Waals surface area contributed by atoms with Crippen LogP contribution in [0.3, 0.4) is 0 Å². The largest absolute Gasteiger partial charge is 3.00 e. The van der Waals surface area contributed by atoms with Crippen molar-refractivity contribution in [3.8, 4) is 0 Å². The molecule has 2 aromatic rings. The van der Waals surface area contributed by atoms with Gasteiger partial charge in [0.1, 0.15) is 0 Å². The predicted molar refractivity (Wildman–Crippen MR) is 87.3 cm³/mol. The molecule has 0 aliphatic heterocycles. The van der Waals surface area contributed by atoms with Crippen LogP contribution < -0.4 is 0 Å². The van der Waals surface area contributed by atoms with Crippen LogP contribution in [0.5, 0.6) is 0 Å². The maximum absolute atomic E-state index is 4.78. The summed E-state index contributed by atoms with van der Waals surface area (Å²) in [5.41, 5.74) is 7.15. The third-order valence-corrected chi connectivity index (χ3v) is 2.98. The zero-order valence-corrected chi connectivity index (χ0v) is 14.2. The van der Waals surface area contributed by atoms with Gasteiger partial charge in [-0.05, 0) is 27.7 Å². The molecule has 0 aliphatic carbocycles. The second kappa shape index (κ2) is 8.82. The molecule has 0 saturated carbocycles. The van der Waals surface area contributed by atoms with Crippen molar-refractivity contribution in [1.29, 1.82) is 0 Å². The molecule has 0 heterocycles. The van der Waals surface area contributed by atoms with Crippen LogP contribution in [0.15, 0.2) is 36.4 Å². The molecule has 20 heavy (non-hydrogen) atoms. The first-order valence-electron chi connectivity index (χ1n) is 5.93. The fourth-order valence-corrected chi connectivity index (χ4v) is 2.16. The molecule has 2 aromatic carbocycles. The molecule has 1 nitrogen and oxygen atoms in total. The van der Waals surface area contributed by atoms with Crippen molar-refractivity contribution in [1.82, 2.24) is 0 Å². The fraction of sp³-hybridized carbons (Fsp3) is 0.222. The van der Waals surface area contributed by atoms with Gasteiger partial charge in [-0.2, -0.15) is 0 Å². The van der Waals surface area contributed by atoms with Crippen molar-refractivity contribution in [2.75, 3.05) is 0 Å². The minimum absolute atomic E-state index is 0. The van der Waals surface area contributed by atoms with E-state index >= 15 is 0 Å². The van der Waals surface area contributed by atoms with Gasteiger partial charge in [0.25, 0.3) is 0 Å². The first-order valence-corrected chi connectivity index (χ1v) is 5.93. The van der Waals surface area contributed by atoms with Gasteiger partial charge in [0, 0.05) is 0 Å². The number of nitrogens with zero attached hydrogens (tertiary/aromatic N) is 1. The van der Waals surface area contributed by atoms with Crippen LogP contribution in [-0.2, 0) is 16.5 Å². The summed E-state index contributed by atoms with van der Waals surface area (Å²) in [6, 6.07) is 12.6. The molecule has 2 heteroatoms. The Morgan fingerprint density at radius 2 is 1.25 bits per heavy atom. The van der Waals surface area contributed by atoms with Gasteiger partial charge in [0.15, 0.2) is 0 Å². The number of para-hydroxylation sites is 1. The zero-order chi connectivity index (χ0) is 12.4. The Bertz CT molecular complexity index is 524. The van der Waals surface area contributed by atoms with Crippen molar-refractivity contribution in [2.45, 2.75) is 27.7 Å². The van der Waals surface area contributed by atoms with Crippen LogP contribution in [0.1, 0.15) is 22.3 Å². The Hall–Kier alpha value is -1.27. The van der Waals surface area contributed by atoms with Crippen molar-refractivity contribution in [3.05, 3.63) is 78.8 Å². The molecular formula is C18H24NNi. The van der Waals surface area contributed by atoms with Gasteiger partial charge in [-0.3, -0.25) is 0 Å². The monoisotopic (exact) mass is 312 g/mol. The molecule has 0 spiro atoms. The molecule has 0 bridgehead atoms. The maximum Gasteiger partial charge on any atom is 3.00 e. The molecule has 0 unspecified atom stereocenters. The number of benzene rings is 2. The Balaban J connectivity index is 0. The summed E-state index contributed by atoms with van der Waals surface area (Å²) in [6.07, 6.45) is 0. The van der Waals surface area contributed by atoms with Gasteiger partial charge in [-0.25, -0.2) is 0 Å². The molecular weight excluding hydrogens is 289 g/mol. The minimum Gasteiger partial charge on any atom is -0.657 e. The molecule has 0 saturated heterocycles. The minimum atomic E-state index is 0. The summed E-state index contributed by atoms with van der Waals surface area (Å²) < 4.78 is 0. The summed E-state index contributed by atoms with van der Waals surface area (Å²) in [7, 11) is 0. The number of aryl methyl sites for hydroxylation is 4. The summed E-state index contributed by atoms with van der Waals surface area (Å²) in [4.78, 5) is 0. The molecule has 0 N–H and O–H groups in total. The van der Waals surface area contributed by atoms with Crippen LogP contribution in [0.4, 0.5) is 11.4 Å². The quantitative estimate of drug-likeness (QED) is 0.466. The molecule has 0 aliphatic rings. The average molecular weight is 313 g/mol. The summed E-state index contributed by atoms with van der Waals surface area (Å²) >= 11 is 0. The van der Waals surface area contributed by atoms with Gasteiger partial charge in [0.2, 0.25) is 0 Å². The van der Waals surface area contributed by atoms with Crippen molar-refractivity contribution in [2.24, 2.45) is 0 Å². The van der Waals surface area contributed by atoms with Gasteiger partial charge in [-0.15, -0.1) is 11.4 Å².